The normalized spacial score (nSPS) is 15.0. The second-order valence-electron chi connectivity index (χ2n) is 7.62. The first-order valence-electron chi connectivity index (χ1n) is 10.4. The van der Waals surface area contributed by atoms with Gasteiger partial charge >= 0.3 is 5.97 Å². The summed E-state index contributed by atoms with van der Waals surface area (Å²) in [5, 5.41) is 7.45. The van der Waals surface area contributed by atoms with Crippen molar-refractivity contribution in [2.45, 2.75) is 25.3 Å². The Morgan fingerprint density at radius 3 is 2.58 bits per heavy atom. The molecule has 0 heterocycles. The molecule has 2 amide bonds. The molecule has 0 unspecified atom stereocenters. The third-order valence-corrected chi connectivity index (χ3v) is 5.47. The largest absolute Gasteiger partial charge is 0.454 e. The molecule has 0 saturated heterocycles. The molecule has 1 aliphatic carbocycles. The number of aryl methyl sites for hydroxylation is 1. The van der Waals surface area contributed by atoms with Gasteiger partial charge in [0, 0.05) is 5.56 Å². The van der Waals surface area contributed by atoms with Crippen LogP contribution in [-0.4, -0.2) is 30.9 Å². The highest BCUT2D eigenvalue weighted by Gasteiger charge is 2.21. The second kappa shape index (κ2) is 9.43. The molecule has 158 valence electrons. The third kappa shape index (κ3) is 5.09. The molecule has 0 saturated carbocycles. The van der Waals surface area contributed by atoms with E-state index in [-0.39, 0.29) is 31.0 Å². The fourth-order valence-electron chi connectivity index (χ4n) is 3.92. The van der Waals surface area contributed by atoms with E-state index in [9.17, 15) is 14.4 Å². The van der Waals surface area contributed by atoms with E-state index < -0.39 is 5.97 Å². The molecule has 0 aliphatic heterocycles. The fraction of sp³-hybridized carbons (Fsp3) is 0.240. The van der Waals surface area contributed by atoms with E-state index in [1.165, 1.54) is 5.56 Å². The highest BCUT2D eigenvalue weighted by molar-refractivity contribution is 5.99. The van der Waals surface area contributed by atoms with Crippen LogP contribution in [0.1, 0.15) is 40.4 Å². The molecule has 1 atom stereocenters. The molecule has 31 heavy (non-hydrogen) atoms. The summed E-state index contributed by atoms with van der Waals surface area (Å²) in [7, 11) is 0. The molecule has 0 bridgehead atoms. The van der Waals surface area contributed by atoms with Crippen LogP contribution in [0, 0.1) is 0 Å². The average Bonchev–Trinajstić information content (AvgIpc) is 2.81. The van der Waals surface area contributed by atoms with Crippen molar-refractivity contribution in [3.05, 3.63) is 83.4 Å². The quantitative estimate of drug-likeness (QED) is 0.604. The van der Waals surface area contributed by atoms with Crippen molar-refractivity contribution in [2.24, 2.45) is 0 Å². The van der Waals surface area contributed by atoms with Crippen molar-refractivity contribution < 1.29 is 19.1 Å². The van der Waals surface area contributed by atoms with Crippen molar-refractivity contribution in [1.82, 2.24) is 10.6 Å². The molecular formula is C25H24N2O4. The highest BCUT2D eigenvalue weighted by Crippen LogP contribution is 2.29. The maximum atomic E-state index is 12.3. The summed E-state index contributed by atoms with van der Waals surface area (Å²) in [6.45, 7) is -0.672. The van der Waals surface area contributed by atoms with Crippen LogP contribution in [0.2, 0.25) is 0 Å². The Hall–Kier alpha value is -3.67. The number of nitrogens with one attached hydrogen (secondary N) is 2. The molecule has 0 fully saturated rings. The number of hydrogen-bond donors (Lipinski definition) is 2. The molecule has 6 nitrogen and oxygen atoms in total. The maximum absolute atomic E-state index is 12.3. The van der Waals surface area contributed by atoms with Gasteiger partial charge in [0.15, 0.2) is 6.61 Å². The zero-order valence-corrected chi connectivity index (χ0v) is 17.1. The molecule has 0 aromatic heterocycles. The second-order valence-corrected chi connectivity index (χ2v) is 7.62. The average molecular weight is 416 g/mol. The molecule has 0 radical (unpaired) electrons. The van der Waals surface area contributed by atoms with Gasteiger partial charge in [-0.3, -0.25) is 14.4 Å². The van der Waals surface area contributed by atoms with Crippen molar-refractivity contribution in [3.63, 3.8) is 0 Å². The SMILES string of the molecule is O=C(COC(=O)CNC(=O)c1ccc2ccccc2c1)N[C@@H]1CCCc2ccccc21. The number of fused-ring (bicyclic) bond motifs is 2. The van der Waals surface area contributed by atoms with E-state index >= 15 is 0 Å². The summed E-state index contributed by atoms with van der Waals surface area (Å²) in [6.07, 6.45) is 2.87. The Balaban J connectivity index is 1.24. The van der Waals surface area contributed by atoms with E-state index in [4.69, 9.17) is 4.74 Å². The van der Waals surface area contributed by atoms with Gasteiger partial charge < -0.3 is 15.4 Å². The van der Waals surface area contributed by atoms with Gasteiger partial charge in [-0.05, 0) is 53.3 Å². The number of carbonyl (C=O) groups is 3. The van der Waals surface area contributed by atoms with Crippen LogP contribution in [0.15, 0.2) is 66.7 Å². The van der Waals surface area contributed by atoms with E-state index in [1.54, 1.807) is 12.1 Å². The lowest BCUT2D eigenvalue weighted by atomic mass is 9.88. The smallest absolute Gasteiger partial charge is 0.325 e. The summed E-state index contributed by atoms with van der Waals surface area (Å²) in [6, 6.07) is 21.0. The van der Waals surface area contributed by atoms with Gasteiger partial charge in [-0.2, -0.15) is 0 Å². The fourth-order valence-corrected chi connectivity index (χ4v) is 3.92. The summed E-state index contributed by atoms with van der Waals surface area (Å²) in [5.41, 5.74) is 2.82. The summed E-state index contributed by atoms with van der Waals surface area (Å²) >= 11 is 0. The van der Waals surface area contributed by atoms with E-state index in [2.05, 4.69) is 16.7 Å². The molecule has 3 aromatic carbocycles. The molecule has 1 aliphatic rings. The van der Waals surface area contributed by atoms with Crippen molar-refractivity contribution in [3.8, 4) is 0 Å². The zero-order valence-electron chi connectivity index (χ0n) is 17.1. The van der Waals surface area contributed by atoms with Gasteiger partial charge in [0.2, 0.25) is 0 Å². The summed E-state index contributed by atoms with van der Waals surface area (Å²) in [4.78, 5) is 36.5. The van der Waals surface area contributed by atoms with Gasteiger partial charge in [-0.15, -0.1) is 0 Å². The van der Waals surface area contributed by atoms with Gasteiger partial charge in [0.1, 0.15) is 6.54 Å². The van der Waals surface area contributed by atoms with E-state index in [0.29, 0.717) is 5.56 Å². The lowest BCUT2D eigenvalue weighted by molar-refractivity contribution is -0.147. The monoisotopic (exact) mass is 416 g/mol. The number of esters is 1. The first-order valence-corrected chi connectivity index (χ1v) is 10.4. The number of rotatable bonds is 6. The number of hydrogen-bond acceptors (Lipinski definition) is 4. The number of carbonyl (C=O) groups excluding carboxylic acids is 3. The van der Waals surface area contributed by atoms with Crippen molar-refractivity contribution >= 4 is 28.6 Å². The Morgan fingerprint density at radius 1 is 0.935 bits per heavy atom. The van der Waals surface area contributed by atoms with E-state index in [1.807, 2.05) is 48.5 Å². The zero-order chi connectivity index (χ0) is 21.6. The minimum Gasteiger partial charge on any atom is -0.454 e. The van der Waals surface area contributed by atoms with Crippen LogP contribution < -0.4 is 10.6 Å². The molecule has 6 heteroatoms. The van der Waals surface area contributed by atoms with Crippen LogP contribution in [-0.2, 0) is 20.7 Å². The Morgan fingerprint density at radius 2 is 1.71 bits per heavy atom. The van der Waals surface area contributed by atoms with Crippen molar-refractivity contribution in [1.29, 1.82) is 0 Å². The van der Waals surface area contributed by atoms with E-state index in [0.717, 1.165) is 35.6 Å². The van der Waals surface area contributed by atoms with Crippen LogP contribution >= 0.6 is 0 Å². The number of amides is 2. The Labute approximate surface area is 180 Å². The molecular weight excluding hydrogens is 392 g/mol. The summed E-state index contributed by atoms with van der Waals surface area (Å²) in [5.74, 6) is -1.38. The maximum Gasteiger partial charge on any atom is 0.325 e. The Bertz CT molecular complexity index is 1130. The first kappa shape index (κ1) is 20.6. The van der Waals surface area contributed by atoms with Gasteiger partial charge in [-0.25, -0.2) is 0 Å². The van der Waals surface area contributed by atoms with Gasteiger partial charge in [0.25, 0.3) is 11.8 Å². The topological polar surface area (TPSA) is 84.5 Å². The van der Waals surface area contributed by atoms with Crippen LogP contribution in [0.25, 0.3) is 10.8 Å². The molecule has 2 N–H and O–H groups in total. The first-order chi connectivity index (χ1) is 15.1. The van der Waals surface area contributed by atoms with Crippen LogP contribution in [0.3, 0.4) is 0 Å². The van der Waals surface area contributed by atoms with Crippen LogP contribution in [0.4, 0.5) is 0 Å². The third-order valence-electron chi connectivity index (χ3n) is 5.47. The Kier molecular flexibility index (Phi) is 6.26. The number of benzene rings is 3. The van der Waals surface area contributed by atoms with Crippen LogP contribution in [0.5, 0.6) is 0 Å². The molecule has 3 aromatic rings. The van der Waals surface area contributed by atoms with Gasteiger partial charge in [-0.1, -0.05) is 54.6 Å². The molecule has 0 spiro atoms. The van der Waals surface area contributed by atoms with Gasteiger partial charge in [0.05, 0.1) is 6.04 Å². The minimum absolute atomic E-state index is 0.0660. The van der Waals surface area contributed by atoms with Crippen molar-refractivity contribution in [2.75, 3.05) is 13.2 Å². The lowest BCUT2D eigenvalue weighted by Crippen LogP contribution is -2.36. The highest BCUT2D eigenvalue weighted by atomic mass is 16.5. The predicted octanol–water partition coefficient (Wildman–Crippen LogP) is 3.31. The molecule has 4 rings (SSSR count). The summed E-state index contributed by atoms with van der Waals surface area (Å²) < 4.78 is 5.02. The lowest BCUT2D eigenvalue weighted by Gasteiger charge is -2.26. The minimum atomic E-state index is -0.659. The predicted molar refractivity (Wildman–Crippen MR) is 118 cm³/mol. The number of ether oxygens (including phenoxy) is 1. The standard InChI is InChI=1S/C25H24N2O4/c28-23(27-22-11-5-9-18-7-3-4-10-21(18)22)16-31-24(29)15-26-25(30)20-13-12-17-6-1-2-8-19(17)14-20/h1-4,6-8,10,12-14,22H,5,9,11,15-16H2,(H,26,30)(H,27,28)/t22-/m1/s1.